The van der Waals surface area contributed by atoms with Crippen molar-refractivity contribution < 1.29 is 14.7 Å². The monoisotopic (exact) mass is 234 g/mol. The van der Waals surface area contributed by atoms with Crippen LogP contribution in [0.5, 0.6) is 0 Å². The van der Waals surface area contributed by atoms with Crippen molar-refractivity contribution in [2.24, 2.45) is 0 Å². The van der Waals surface area contributed by atoms with Gasteiger partial charge in [-0.3, -0.25) is 14.6 Å². The quantitative estimate of drug-likeness (QED) is 0.848. The van der Waals surface area contributed by atoms with Gasteiger partial charge in [-0.1, -0.05) is 12.1 Å². The summed E-state index contributed by atoms with van der Waals surface area (Å²) in [5.74, 6) is -1.15. The van der Waals surface area contributed by atoms with Crippen LogP contribution >= 0.6 is 0 Å². The lowest BCUT2D eigenvalue weighted by Gasteiger charge is -2.28. The minimum atomic E-state index is -1.00. The first kappa shape index (κ1) is 11.4. The number of carbonyl (C=O) groups is 2. The maximum absolute atomic E-state index is 11.6. The average molecular weight is 234 g/mol. The fourth-order valence-corrected chi connectivity index (χ4v) is 1.94. The molecule has 17 heavy (non-hydrogen) atoms. The maximum Gasteiger partial charge on any atom is 0.325 e. The molecule has 0 bridgehead atoms. The zero-order chi connectivity index (χ0) is 12.4. The van der Waals surface area contributed by atoms with Crippen LogP contribution < -0.4 is 5.01 Å². The van der Waals surface area contributed by atoms with Crippen LogP contribution in [0.1, 0.15) is 12.0 Å². The molecule has 5 heteroatoms. The second-order valence-corrected chi connectivity index (χ2v) is 4.06. The number of anilines is 1. The van der Waals surface area contributed by atoms with Gasteiger partial charge in [-0.05, 0) is 24.6 Å². The number of carboxylic acids is 1. The molecule has 1 N–H and O–H groups in total. The molecular weight excluding hydrogens is 220 g/mol. The van der Waals surface area contributed by atoms with E-state index in [-0.39, 0.29) is 12.5 Å². The van der Waals surface area contributed by atoms with Gasteiger partial charge in [-0.15, -0.1) is 0 Å². The van der Waals surface area contributed by atoms with Crippen LogP contribution in [0.4, 0.5) is 5.69 Å². The number of amides is 1. The van der Waals surface area contributed by atoms with Crippen LogP contribution in [0.3, 0.4) is 0 Å². The van der Waals surface area contributed by atoms with Crippen LogP contribution in [0.15, 0.2) is 24.3 Å². The molecule has 0 unspecified atom stereocenters. The number of hydrazine groups is 1. The Hall–Kier alpha value is -2.04. The van der Waals surface area contributed by atoms with Gasteiger partial charge in [0.1, 0.15) is 6.54 Å². The third-order valence-corrected chi connectivity index (χ3v) is 2.70. The summed E-state index contributed by atoms with van der Waals surface area (Å²) >= 11 is 0. The molecule has 1 heterocycles. The van der Waals surface area contributed by atoms with Gasteiger partial charge in [0.15, 0.2) is 0 Å². The molecule has 1 saturated heterocycles. The van der Waals surface area contributed by atoms with Crippen molar-refractivity contribution in [3.63, 3.8) is 0 Å². The molecule has 1 amide bonds. The number of aryl methyl sites for hydroxylation is 1. The zero-order valence-electron chi connectivity index (χ0n) is 9.59. The smallest absolute Gasteiger partial charge is 0.325 e. The SMILES string of the molecule is Cc1cccc(N2CCC(=O)N2CC(=O)O)c1. The maximum atomic E-state index is 11.6. The summed E-state index contributed by atoms with van der Waals surface area (Å²) in [7, 11) is 0. The van der Waals surface area contributed by atoms with Crippen molar-refractivity contribution in [2.75, 3.05) is 18.1 Å². The summed E-state index contributed by atoms with van der Waals surface area (Å²) in [4.78, 5) is 22.3. The lowest BCUT2D eigenvalue weighted by atomic mass is 10.2. The molecule has 0 spiro atoms. The molecule has 1 fully saturated rings. The Morgan fingerprint density at radius 2 is 2.24 bits per heavy atom. The number of carbonyl (C=O) groups excluding carboxylic acids is 1. The van der Waals surface area contributed by atoms with Crippen molar-refractivity contribution in [2.45, 2.75) is 13.3 Å². The highest BCUT2D eigenvalue weighted by atomic mass is 16.4. The van der Waals surface area contributed by atoms with E-state index in [0.717, 1.165) is 11.3 Å². The van der Waals surface area contributed by atoms with Crippen LogP contribution in [0.25, 0.3) is 0 Å². The summed E-state index contributed by atoms with van der Waals surface area (Å²) in [5.41, 5.74) is 1.94. The third kappa shape index (κ3) is 2.38. The first-order chi connectivity index (χ1) is 8.08. The number of hydrogen-bond acceptors (Lipinski definition) is 3. The number of benzene rings is 1. The van der Waals surface area contributed by atoms with Gasteiger partial charge in [0.25, 0.3) is 0 Å². The van der Waals surface area contributed by atoms with E-state index in [1.54, 1.807) is 5.01 Å². The lowest BCUT2D eigenvalue weighted by Crippen LogP contribution is -2.42. The normalized spacial score (nSPS) is 15.5. The summed E-state index contributed by atoms with van der Waals surface area (Å²) in [6.45, 7) is 2.21. The van der Waals surface area contributed by atoms with Crippen molar-refractivity contribution in [3.8, 4) is 0 Å². The van der Waals surface area contributed by atoms with Crippen molar-refractivity contribution in [1.29, 1.82) is 0 Å². The number of rotatable bonds is 3. The molecule has 5 nitrogen and oxygen atoms in total. The van der Waals surface area contributed by atoms with Gasteiger partial charge >= 0.3 is 5.97 Å². The molecule has 90 valence electrons. The molecule has 1 aromatic carbocycles. The summed E-state index contributed by atoms with van der Waals surface area (Å²) < 4.78 is 0. The second-order valence-electron chi connectivity index (χ2n) is 4.06. The van der Waals surface area contributed by atoms with Gasteiger partial charge in [0.05, 0.1) is 5.69 Å². The van der Waals surface area contributed by atoms with E-state index in [2.05, 4.69) is 0 Å². The molecule has 0 atom stereocenters. The molecule has 0 radical (unpaired) electrons. The van der Waals surface area contributed by atoms with Gasteiger partial charge < -0.3 is 5.11 Å². The Kier molecular flexibility index (Phi) is 2.99. The standard InChI is InChI=1S/C12H14N2O3/c1-9-3-2-4-10(7-9)13-6-5-11(15)14(13)8-12(16)17/h2-4,7H,5-6,8H2,1H3,(H,16,17). The Bertz CT molecular complexity index is 459. The van der Waals surface area contributed by atoms with E-state index in [1.165, 1.54) is 5.01 Å². The molecule has 1 aromatic rings. The second kappa shape index (κ2) is 4.45. The van der Waals surface area contributed by atoms with E-state index in [1.807, 2.05) is 31.2 Å². The number of nitrogens with zero attached hydrogens (tertiary/aromatic N) is 2. The number of hydrogen-bond donors (Lipinski definition) is 1. The fraction of sp³-hybridized carbons (Fsp3) is 0.333. The summed E-state index contributed by atoms with van der Waals surface area (Å²) in [5, 5.41) is 11.8. The van der Waals surface area contributed by atoms with Crippen molar-refractivity contribution in [1.82, 2.24) is 5.01 Å². The van der Waals surface area contributed by atoms with Crippen LogP contribution in [-0.2, 0) is 9.59 Å². The molecule has 2 rings (SSSR count). The first-order valence-corrected chi connectivity index (χ1v) is 5.44. The Balaban J connectivity index is 2.25. The molecule has 0 aliphatic carbocycles. The van der Waals surface area contributed by atoms with Crippen molar-refractivity contribution in [3.05, 3.63) is 29.8 Å². The molecule has 1 aliphatic heterocycles. The van der Waals surface area contributed by atoms with Gasteiger partial charge in [-0.25, -0.2) is 5.01 Å². The number of carboxylic acid groups (broad SMARTS) is 1. The van der Waals surface area contributed by atoms with E-state index in [0.29, 0.717) is 13.0 Å². The van der Waals surface area contributed by atoms with Crippen LogP contribution in [0.2, 0.25) is 0 Å². The predicted octanol–water partition coefficient (Wildman–Crippen LogP) is 1.03. The molecule has 0 aromatic heterocycles. The highest BCUT2D eigenvalue weighted by molar-refractivity contribution is 5.85. The topological polar surface area (TPSA) is 60.9 Å². The third-order valence-electron chi connectivity index (χ3n) is 2.70. The predicted molar refractivity (Wildman–Crippen MR) is 62.5 cm³/mol. The highest BCUT2D eigenvalue weighted by Crippen LogP contribution is 2.23. The fourth-order valence-electron chi connectivity index (χ4n) is 1.94. The van der Waals surface area contributed by atoms with E-state index in [9.17, 15) is 9.59 Å². The van der Waals surface area contributed by atoms with Gasteiger partial charge in [0.2, 0.25) is 5.91 Å². The largest absolute Gasteiger partial charge is 0.480 e. The number of aliphatic carboxylic acids is 1. The summed E-state index contributed by atoms with van der Waals surface area (Å²) in [6, 6.07) is 7.67. The summed E-state index contributed by atoms with van der Waals surface area (Å²) in [6.07, 6.45) is 0.362. The van der Waals surface area contributed by atoms with E-state index < -0.39 is 5.97 Å². The zero-order valence-corrected chi connectivity index (χ0v) is 9.59. The van der Waals surface area contributed by atoms with Crippen LogP contribution in [-0.4, -0.2) is 35.1 Å². The molecule has 0 saturated carbocycles. The van der Waals surface area contributed by atoms with E-state index >= 15 is 0 Å². The Morgan fingerprint density at radius 1 is 1.47 bits per heavy atom. The van der Waals surface area contributed by atoms with E-state index in [4.69, 9.17) is 5.11 Å². The van der Waals surface area contributed by atoms with Crippen LogP contribution in [0, 0.1) is 6.92 Å². The molecule has 1 aliphatic rings. The first-order valence-electron chi connectivity index (χ1n) is 5.44. The minimum absolute atomic E-state index is 0.145. The molecular formula is C12H14N2O3. The average Bonchev–Trinajstić information content (AvgIpc) is 2.60. The van der Waals surface area contributed by atoms with Gasteiger partial charge in [0, 0.05) is 13.0 Å². The minimum Gasteiger partial charge on any atom is -0.480 e. The van der Waals surface area contributed by atoms with Gasteiger partial charge in [-0.2, -0.15) is 0 Å². The Labute approximate surface area is 99.2 Å². The lowest BCUT2D eigenvalue weighted by molar-refractivity contribution is -0.143. The highest BCUT2D eigenvalue weighted by Gasteiger charge is 2.30. The van der Waals surface area contributed by atoms with Crippen molar-refractivity contribution >= 4 is 17.6 Å². The Morgan fingerprint density at radius 3 is 2.88 bits per heavy atom.